The fourth-order valence-corrected chi connectivity index (χ4v) is 3.15. The lowest BCUT2D eigenvalue weighted by molar-refractivity contribution is 0.727. The molecule has 2 N–H and O–H groups in total. The predicted octanol–water partition coefficient (Wildman–Crippen LogP) is 2.69. The third kappa shape index (κ3) is 6.20. The molecule has 0 bridgehead atoms. The minimum Gasteiger partial charge on any atom is -0.375 e. The average molecular weight is 346 g/mol. The second kappa shape index (κ2) is 9.93. The summed E-state index contributed by atoms with van der Waals surface area (Å²) in [6, 6.07) is 10.4. The van der Waals surface area contributed by atoms with E-state index in [0.29, 0.717) is 0 Å². The maximum Gasteiger partial charge on any atom is 0.190 e. The quantitative estimate of drug-likeness (QED) is 0.439. The summed E-state index contributed by atoms with van der Waals surface area (Å²) in [5, 5.41) is 7.87. The predicted molar refractivity (Wildman–Crippen MR) is 104 cm³/mol. The Bertz CT molecular complexity index is 623. The molecule has 0 saturated carbocycles. The molecule has 0 unspecified atom stereocenters. The highest BCUT2D eigenvalue weighted by atomic mass is 32.1. The average Bonchev–Trinajstić information content (AvgIpc) is 3.02. The minimum atomic E-state index is 0.844. The van der Waals surface area contributed by atoms with Crippen molar-refractivity contribution in [3.05, 3.63) is 46.4 Å². The summed E-state index contributed by atoms with van der Waals surface area (Å²) in [7, 11) is 3.93. The van der Waals surface area contributed by atoms with Crippen molar-refractivity contribution in [3.8, 4) is 0 Å². The van der Waals surface area contributed by atoms with Gasteiger partial charge < -0.3 is 15.5 Å². The largest absolute Gasteiger partial charge is 0.375 e. The summed E-state index contributed by atoms with van der Waals surface area (Å²) in [5.74, 6) is 0.852. The van der Waals surface area contributed by atoms with Crippen LogP contribution in [-0.4, -0.2) is 44.7 Å². The molecule has 0 fully saturated rings. The standard InChI is InChI=1S/C18H27N5S/c1-15-14-22-17(24-15)10-12-21-18(19-2)20-11-7-13-23(3)16-8-5-4-6-9-16/h4-6,8-9,14H,7,10-13H2,1-3H3,(H2,19,20,21). The number of para-hydroxylation sites is 1. The molecule has 0 atom stereocenters. The van der Waals surface area contributed by atoms with Crippen molar-refractivity contribution in [2.75, 3.05) is 38.6 Å². The number of benzene rings is 1. The van der Waals surface area contributed by atoms with Gasteiger partial charge in [-0.1, -0.05) is 18.2 Å². The fraction of sp³-hybridized carbons (Fsp3) is 0.444. The van der Waals surface area contributed by atoms with Crippen LogP contribution in [0.2, 0.25) is 0 Å². The monoisotopic (exact) mass is 345 g/mol. The van der Waals surface area contributed by atoms with E-state index in [4.69, 9.17) is 0 Å². The van der Waals surface area contributed by atoms with E-state index in [-0.39, 0.29) is 0 Å². The molecule has 0 spiro atoms. The van der Waals surface area contributed by atoms with E-state index < -0.39 is 0 Å². The van der Waals surface area contributed by atoms with Gasteiger partial charge in [0.05, 0.1) is 5.01 Å². The number of rotatable bonds is 8. The number of nitrogens with zero attached hydrogens (tertiary/aromatic N) is 3. The van der Waals surface area contributed by atoms with Gasteiger partial charge in [-0.05, 0) is 25.5 Å². The Balaban J connectivity index is 1.61. The van der Waals surface area contributed by atoms with Crippen LogP contribution in [0.25, 0.3) is 0 Å². The van der Waals surface area contributed by atoms with E-state index in [2.05, 4.69) is 63.7 Å². The smallest absolute Gasteiger partial charge is 0.190 e. The van der Waals surface area contributed by atoms with Gasteiger partial charge in [0, 0.05) is 56.9 Å². The third-order valence-electron chi connectivity index (χ3n) is 3.68. The lowest BCUT2D eigenvalue weighted by Crippen LogP contribution is -2.39. The molecule has 130 valence electrons. The van der Waals surface area contributed by atoms with Crippen LogP contribution in [0.15, 0.2) is 41.5 Å². The Morgan fingerprint density at radius 1 is 1.21 bits per heavy atom. The lowest BCUT2D eigenvalue weighted by atomic mass is 10.3. The maximum atomic E-state index is 4.37. The molecule has 0 radical (unpaired) electrons. The molecule has 0 aliphatic heterocycles. The van der Waals surface area contributed by atoms with Crippen LogP contribution in [0.5, 0.6) is 0 Å². The molecule has 6 heteroatoms. The topological polar surface area (TPSA) is 52.6 Å². The highest BCUT2D eigenvalue weighted by molar-refractivity contribution is 7.11. The molecule has 5 nitrogen and oxygen atoms in total. The van der Waals surface area contributed by atoms with Crippen LogP contribution >= 0.6 is 11.3 Å². The molecule has 24 heavy (non-hydrogen) atoms. The number of thiazole rings is 1. The van der Waals surface area contributed by atoms with Crippen molar-refractivity contribution < 1.29 is 0 Å². The van der Waals surface area contributed by atoms with Gasteiger partial charge in [0.2, 0.25) is 0 Å². The molecule has 2 rings (SSSR count). The normalized spacial score (nSPS) is 11.4. The number of aliphatic imine (C=N–C) groups is 1. The van der Waals surface area contributed by atoms with Crippen LogP contribution in [0.1, 0.15) is 16.3 Å². The van der Waals surface area contributed by atoms with E-state index in [1.54, 1.807) is 18.4 Å². The van der Waals surface area contributed by atoms with Gasteiger partial charge >= 0.3 is 0 Å². The number of hydrogen-bond acceptors (Lipinski definition) is 4. The van der Waals surface area contributed by atoms with E-state index in [1.165, 1.54) is 15.6 Å². The molecule has 0 saturated heterocycles. The summed E-state index contributed by atoms with van der Waals surface area (Å²) in [5.41, 5.74) is 1.25. The number of guanidine groups is 1. The molecule has 2 aromatic rings. The van der Waals surface area contributed by atoms with Crippen molar-refractivity contribution in [2.45, 2.75) is 19.8 Å². The molecular formula is C18H27N5S. The first kappa shape index (κ1) is 18.3. The Morgan fingerprint density at radius 3 is 2.62 bits per heavy atom. The van der Waals surface area contributed by atoms with Crippen molar-refractivity contribution in [3.63, 3.8) is 0 Å². The summed E-state index contributed by atoms with van der Waals surface area (Å²) in [6.45, 7) is 4.83. The SMILES string of the molecule is CN=C(NCCCN(C)c1ccccc1)NCCc1ncc(C)s1. The van der Waals surface area contributed by atoms with Crippen LogP contribution in [0.4, 0.5) is 5.69 Å². The number of aromatic nitrogens is 1. The maximum absolute atomic E-state index is 4.37. The Hall–Kier alpha value is -2.08. The van der Waals surface area contributed by atoms with Crippen LogP contribution in [-0.2, 0) is 6.42 Å². The van der Waals surface area contributed by atoms with Gasteiger partial charge in [-0.2, -0.15) is 0 Å². The summed E-state index contributed by atoms with van der Waals surface area (Å²) in [4.78, 5) is 12.2. The molecule has 0 aliphatic rings. The van der Waals surface area contributed by atoms with Gasteiger partial charge in [-0.15, -0.1) is 11.3 Å². The number of hydrogen-bond donors (Lipinski definition) is 2. The second-order valence-corrected chi connectivity index (χ2v) is 6.97. The summed E-state index contributed by atoms with van der Waals surface area (Å²) < 4.78 is 0. The van der Waals surface area contributed by atoms with Crippen molar-refractivity contribution in [2.24, 2.45) is 4.99 Å². The van der Waals surface area contributed by atoms with Crippen LogP contribution < -0.4 is 15.5 Å². The molecule has 0 amide bonds. The molecule has 1 heterocycles. The highest BCUT2D eigenvalue weighted by Crippen LogP contribution is 2.11. The third-order valence-corrected chi connectivity index (χ3v) is 4.66. The second-order valence-electron chi connectivity index (χ2n) is 5.65. The van der Waals surface area contributed by atoms with E-state index in [1.807, 2.05) is 12.3 Å². The van der Waals surface area contributed by atoms with Gasteiger partial charge in [0.1, 0.15) is 0 Å². The van der Waals surface area contributed by atoms with Gasteiger partial charge in [-0.25, -0.2) is 4.98 Å². The van der Waals surface area contributed by atoms with Crippen LogP contribution in [0, 0.1) is 6.92 Å². The van der Waals surface area contributed by atoms with Crippen LogP contribution in [0.3, 0.4) is 0 Å². The number of nitrogens with one attached hydrogen (secondary N) is 2. The highest BCUT2D eigenvalue weighted by Gasteiger charge is 2.02. The van der Waals surface area contributed by atoms with E-state index in [0.717, 1.165) is 38.4 Å². The van der Waals surface area contributed by atoms with Crippen molar-refractivity contribution in [1.29, 1.82) is 0 Å². The fourth-order valence-electron chi connectivity index (χ4n) is 2.36. The zero-order chi connectivity index (χ0) is 17.2. The number of anilines is 1. The summed E-state index contributed by atoms with van der Waals surface area (Å²) in [6.07, 6.45) is 3.91. The van der Waals surface area contributed by atoms with Gasteiger partial charge in [-0.3, -0.25) is 4.99 Å². The first-order chi connectivity index (χ1) is 11.7. The first-order valence-electron chi connectivity index (χ1n) is 8.31. The van der Waals surface area contributed by atoms with Gasteiger partial charge in [0.15, 0.2) is 5.96 Å². The summed E-state index contributed by atoms with van der Waals surface area (Å²) >= 11 is 1.75. The lowest BCUT2D eigenvalue weighted by Gasteiger charge is -2.19. The van der Waals surface area contributed by atoms with Gasteiger partial charge in [0.25, 0.3) is 0 Å². The van der Waals surface area contributed by atoms with Crippen molar-refractivity contribution in [1.82, 2.24) is 15.6 Å². The zero-order valence-electron chi connectivity index (χ0n) is 14.7. The Labute approximate surface area is 148 Å². The first-order valence-corrected chi connectivity index (χ1v) is 9.12. The molecule has 0 aliphatic carbocycles. The van der Waals surface area contributed by atoms with Crippen molar-refractivity contribution >= 4 is 23.0 Å². The minimum absolute atomic E-state index is 0.844. The molecule has 1 aromatic carbocycles. The molecular weight excluding hydrogens is 318 g/mol. The zero-order valence-corrected chi connectivity index (χ0v) is 15.6. The Kier molecular flexibility index (Phi) is 7.55. The molecule has 1 aromatic heterocycles. The van der Waals surface area contributed by atoms with E-state index >= 15 is 0 Å². The van der Waals surface area contributed by atoms with E-state index in [9.17, 15) is 0 Å². The number of aryl methyl sites for hydroxylation is 1. The Morgan fingerprint density at radius 2 is 1.96 bits per heavy atom.